The average molecular weight is 225 g/mol. The van der Waals surface area contributed by atoms with Gasteiger partial charge in [-0.3, -0.25) is 9.78 Å². The Morgan fingerprint density at radius 1 is 1.47 bits per heavy atom. The molecule has 1 aromatic heterocycles. The summed E-state index contributed by atoms with van der Waals surface area (Å²) in [5.41, 5.74) is 3.18. The third-order valence-electron chi connectivity index (χ3n) is 2.63. The number of nitrogens with one attached hydrogen (secondary N) is 1. The molecule has 1 N–H and O–H groups in total. The highest BCUT2D eigenvalue weighted by atomic mass is 35.5. The fourth-order valence-corrected chi connectivity index (χ4v) is 1.99. The summed E-state index contributed by atoms with van der Waals surface area (Å²) in [4.78, 5) is 15.5. The number of alkyl halides is 1. The van der Waals surface area contributed by atoms with Gasteiger partial charge in [0, 0.05) is 17.6 Å². The number of amides is 1. The van der Waals surface area contributed by atoms with Gasteiger partial charge in [0.2, 0.25) is 5.91 Å². The molecule has 0 atom stereocenters. The average Bonchev–Trinajstić information content (AvgIpc) is 2.29. The maximum atomic E-state index is 11.2. The first kappa shape index (κ1) is 10.4. The van der Waals surface area contributed by atoms with Crippen molar-refractivity contribution in [1.82, 2.24) is 4.98 Å². The van der Waals surface area contributed by atoms with Crippen LogP contribution in [0.5, 0.6) is 0 Å². The van der Waals surface area contributed by atoms with E-state index in [0.29, 0.717) is 0 Å². The number of halogens is 1. The molecule has 15 heavy (non-hydrogen) atoms. The van der Waals surface area contributed by atoms with Crippen LogP contribution in [-0.4, -0.2) is 16.8 Å². The largest absolute Gasteiger partial charge is 0.325 e. The van der Waals surface area contributed by atoms with Crippen molar-refractivity contribution < 1.29 is 4.79 Å². The highest BCUT2D eigenvalue weighted by Gasteiger charge is 2.14. The van der Waals surface area contributed by atoms with Crippen molar-refractivity contribution in [3.05, 3.63) is 23.5 Å². The second-order valence-corrected chi connectivity index (χ2v) is 3.94. The lowest BCUT2D eigenvalue weighted by atomic mass is 9.95. The predicted octanol–water partition coefficient (Wildman–Crippen LogP) is 2.14. The number of anilines is 1. The van der Waals surface area contributed by atoms with E-state index in [1.54, 1.807) is 6.20 Å². The van der Waals surface area contributed by atoms with Gasteiger partial charge in [-0.25, -0.2) is 0 Å². The highest BCUT2D eigenvalue weighted by molar-refractivity contribution is 6.29. The molecule has 80 valence electrons. The lowest BCUT2D eigenvalue weighted by Gasteiger charge is -2.18. The summed E-state index contributed by atoms with van der Waals surface area (Å²) in [6.07, 6.45) is 6.12. The molecule has 0 saturated heterocycles. The molecule has 1 heterocycles. The summed E-state index contributed by atoms with van der Waals surface area (Å²) in [6.45, 7) is 0. The van der Waals surface area contributed by atoms with Crippen LogP contribution in [0.3, 0.4) is 0 Å². The number of aromatic nitrogens is 1. The number of hydrogen-bond acceptors (Lipinski definition) is 2. The Hall–Kier alpha value is -1.09. The van der Waals surface area contributed by atoms with E-state index in [-0.39, 0.29) is 11.8 Å². The number of carbonyl (C=O) groups excluding carboxylic acids is 1. The molecule has 1 aromatic rings. The molecule has 1 aliphatic carbocycles. The number of pyridine rings is 1. The van der Waals surface area contributed by atoms with Crippen LogP contribution in [0.15, 0.2) is 12.3 Å². The lowest BCUT2D eigenvalue weighted by molar-refractivity contribution is -0.113. The van der Waals surface area contributed by atoms with Crippen molar-refractivity contribution >= 4 is 23.2 Å². The van der Waals surface area contributed by atoms with Gasteiger partial charge in [-0.15, -0.1) is 11.6 Å². The second-order valence-electron chi connectivity index (χ2n) is 3.67. The van der Waals surface area contributed by atoms with E-state index >= 15 is 0 Å². The zero-order valence-electron chi connectivity index (χ0n) is 8.42. The zero-order chi connectivity index (χ0) is 10.7. The number of hydrogen-bond donors (Lipinski definition) is 1. The van der Waals surface area contributed by atoms with E-state index in [1.807, 2.05) is 6.07 Å². The third-order valence-corrected chi connectivity index (χ3v) is 2.87. The smallest absolute Gasteiger partial charge is 0.239 e. The summed E-state index contributed by atoms with van der Waals surface area (Å²) < 4.78 is 0. The summed E-state index contributed by atoms with van der Waals surface area (Å²) in [7, 11) is 0. The van der Waals surface area contributed by atoms with Crippen LogP contribution in [-0.2, 0) is 17.6 Å². The fourth-order valence-electron chi connectivity index (χ4n) is 1.93. The molecular formula is C11H13ClN2O. The van der Waals surface area contributed by atoms with Crippen molar-refractivity contribution in [2.75, 3.05) is 11.2 Å². The molecule has 4 heteroatoms. The molecule has 0 saturated carbocycles. The van der Waals surface area contributed by atoms with E-state index in [4.69, 9.17) is 11.6 Å². The third kappa shape index (κ3) is 2.29. The van der Waals surface area contributed by atoms with Gasteiger partial charge < -0.3 is 5.32 Å². The minimum absolute atomic E-state index is 0.00288. The molecule has 1 amide bonds. The minimum Gasteiger partial charge on any atom is -0.325 e. The van der Waals surface area contributed by atoms with Gasteiger partial charge in [-0.05, 0) is 37.3 Å². The van der Waals surface area contributed by atoms with Crippen LogP contribution in [0, 0.1) is 0 Å². The van der Waals surface area contributed by atoms with Gasteiger partial charge >= 0.3 is 0 Å². The fraction of sp³-hybridized carbons (Fsp3) is 0.455. The zero-order valence-corrected chi connectivity index (χ0v) is 9.18. The normalized spacial score (nSPS) is 14.5. The van der Waals surface area contributed by atoms with Crippen molar-refractivity contribution in [3.8, 4) is 0 Å². The Morgan fingerprint density at radius 3 is 3.07 bits per heavy atom. The maximum Gasteiger partial charge on any atom is 0.239 e. The number of aryl methyl sites for hydroxylation is 1. The quantitative estimate of drug-likeness (QED) is 0.783. The van der Waals surface area contributed by atoms with E-state index in [1.165, 1.54) is 18.4 Å². The van der Waals surface area contributed by atoms with E-state index < -0.39 is 0 Å². The number of fused-ring (bicyclic) bond motifs is 1. The van der Waals surface area contributed by atoms with Gasteiger partial charge in [-0.2, -0.15) is 0 Å². The van der Waals surface area contributed by atoms with Crippen LogP contribution in [0.4, 0.5) is 5.69 Å². The number of nitrogens with zero attached hydrogens (tertiary/aromatic N) is 1. The molecule has 0 aromatic carbocycles. The summed E-state index contributed by atoms with van der Waals surface area (Å²) >= 11 is 5.46. The SMILES string of the molecule is O=C(CCl)Nc1ccnc2c1CCCC2. The van der Waals surface area contributed by atoms with E-state index in [9.17, 15) is 4.79 Å². The first-order valence-corrected chi connectivity index (χ1v) is 5.67. The van der Waals surface area contributed by atoms with Crippen molar-refractivity contribution in [2.24, 2.45) is 0 Å². The molecular weight excluding hydrogens is 212 g/mol. The summed E-state index contributed by atoms with van der Waals surface area (Å²) in [6, 6.07) is 1.84. The Kier molecular flexibility index (Phi) is 3.21. The van der Waals surface area contributed by atoms with E-state index in [2.05, 4.69) is 10.3 Å². The van der Waals surface area contributed by atoms with Gasteiger partial charge in [0.05, 0.1) is 0 Å². The Balaban J connectivity index is 2.27. The summed E-state index contributed by atoms with van der Waals surface area (Å²) in [5.74, 6) is -0.160. The molecule has 0 spiro atoms. The first-order valence-electron chi connectivity index (χ1n) is 5.14. The molecule has 0 fully saturated rings. The molecule has 1 aliphatic rings. The molecule has 0 radical (unpaired) electrons. The molecule has 3 nitrogen and oxygen atoms in total. The van der Waals surface area contributed by atoms with Crippen LogP contribution < -0.4 is 5.32 Å². The molecule has 0 bridgehead atoms. The van der Waals surface area contributed by atoms with E-state index in [0.717, 1.165) is 24.2 Å². The highest BCUT2D eigenvalue weighted by Crippen LogP contribution is 2.25. The van der Waals surface area contributed by atoms with Crippen LogP contribution in [0.1, 0.15) is 24.1 Å². The molecule has 0 aliphatic heterocycles. The monoisotopic (exact) mass is 224 g/mol. The first-order chi connectivity index (χ1) is 7.31. The van der Waals surface area contributed by atoms with Gasteiger partial charge in [0.15, 0.2) is 0 Å². The second kappa shape index (κ2) is 4.62. The molecule has 2 rings (SSSR count). The minimum atomic E-state index is -0.157. The molecule has 0 unspecified atom stereocenters. The number of rotatable bonds is 2. The topological polar surface area (TPSA) is 42.0 Å². The van der Waals surface area contributed by atoms with Crippen molar-refractivity contribution in [3.63, 3.8) is 0 Å². The van der Waals surface area contributed by atoms with Crippen molar-refractivity contribution in [1.29, 1.82) is 0 Å². The Labute approximate surface area is 93.8 Å². The van der Waals surface area contributed by atoms with Crippen LogP contribution in [0.2, 0.25) is 0 Å². The summed E-state index contributed by atoms with van der Waals surface area (Å²) in [5, 5.41) is 2.81. The lowest BCUT2D eigenvalue weighted by Crippen LogP contribution is -2.16. The van der Waals surface area contributed by atoms with Crippen LogP contribution >= 0.6 is 11.6 Å². The van der Waals surface area contributed by atoms with Gasteiger partial charge in [-0.1, -0.05) is 0 Å². The van der Waals surface area contributed by atoms with Crippen molar-refractivity contribution in [2.45, 2.75) is 25.7 Å². The van der Waals surface area contributed by atoms with Gasteiger partial charge in [0.25, 0.3) is 0 Å². The Bertz CT molecular complexity index is 379. The standard InChI is InChI=1S/C11H13ClN2O/c12-7-11(15)14-10-5-6-13-9-4-2-1-3-8(9)10/h5-6H,1-4,7H2,(H,13,14,15). The maximum absolute atomic E-state index is 11.2. The predicted molar refractivity (Wildman–Crippen MR) is 60.2 cm³/mol. The number of carbonyl (C=O) groups is 1. The Morgan fingerprint density at radius 2 is 2.27 bits per heavy atom. The van der Waals surface area contributed by atoms with Gasteiger partial charge in [0.1, 0.15) is 5.88 Å². The van der Waals surface area contributed by atoms with Crippen LogP contribution in [0.25, 0.3) is 0 Å².